The van der Waals surface area contributed by atoms with Crippen molar-refractivity contribution < 1.29 is 18.0 Å². The molecule has 0 spiro atoms. The van der Waals surface area contributed by atoms with Crippen molar-refractivity contribution in [2.45, 2.75) is 75.5 Å². The molecule has 1 aliphatic carbocycles. The third-order valence-corrected chi connectivity index (χ3v) is 7.90. The van der Waals surface area contributed by atoms with E-state index in [1.54, 1.807) is 27.7 Å². The summed E-state index contributed by atoms with van der Waals surface area (Å²) >= 11 is 1.08. The third kappa shape index (κ3) is 5.17. The molecule has 1 saturated carbocycles. The summed E-state index contributed by atoms with van der Waals surface area (Å²) in [6.07, 6.45) is 2.32. The second kappa shape index (κ2) is 8.22. The van der Waals surface area contributed by atoms with Crippen molar-refractivity contribution in [2.75, 3.05) is 0 Å². The zero-order valence-electron chi connectivity index (χ0n) is 15.5. The number of carbonyl (C=O) groups is 2. The van der Waals surface area contributed by atoms with Crippen LogP contribution in [-0.2, 0) is 19.6 Å². The van der Waals surface area contributed by atoms with Crippen molar-refractivity contribution in [3.05, 3.63) is 0 Å². The Hall–Kier alpha value is -1.20. The van der Waals surface area contributed by atoms with Gasteiger partial charge in [0.1, 0.15) is 5.25 Å². The number of rotatable bonds is 4. The van der Waals surface area contributed by atoms with Gasteiger partial charge in [-0.05, 0) is 53.4 Å². The molecule has 0 radical (unpaired) electrons. The van der Waals surface area contributed by atoms with E-state index in [1.165, 1.54) is 0 Å². The molecule has 2 atom stereocenters. The highest BCUT2D eigenvalue weighted by Gasteiger charge is 2.35. The standard InChI is InChI=1S/C15H27N5O4S2/c1-9-12(25-20-16-9)14(22)18-17-13(21)10-5-7-11(8-6-10)19-26(23,24)15(2,3)4/h9-12,19H,5-8H2,1-4H3,(H,17,21)(H,18,22). The van der Waals surface area contributed by atoms with Crippen molar-refractivity contribution >= 4 is 33.8 Å². The Balaban J connectivity index is 1.75. The normalized spacial score (nSPS) is 29.4. The Labute approximate surface area is 158 Å². The van der Waals surface area contributed by atoms with E-state index < -0.39 is 20.0 Å². The Morgan fingerprint density at radius 2 is 1.62 bits per heavy atom. The first-order chi connectivity index (χ1) is 12.0. The number of hydrazine groups is 1. The molecule has 2 unspecified atom stereocenters. The minimum Gasteiger partial charge on any atom is -0.273 e. The third-order valence-electron chi connectivity index (χ3n) is 4.62. The first-order valence-corrected chi connectivity index (χ1v) is 11.0. The summed E-state index contributed by atoms with van der Waals surface area (Å²) < 4.78 is 30.0. The smallest absolute Gasteiger partial charge is 0.255 e. The maximum Gasteiger partial charge on any atom is 0.255 e. The minimum atomic E-state index is -3.40. The van der Waals surface area contributed by atoms with Crippen LogP contribution < -0.4 is 15.6 Å². The van der Waals surface area contributed by atoms with E-state index in [0.717, 1.165) is 11.9 Å². The largest absolute Gasteiger partial charge is 0.273 e. The highest BCUT2D eigenvalue weighted by molar-refractivity contribution is 7.99. The summed E-state index contributed by atoms with van der Waals surface area (Å²) in [6, 6.07) is -0.375. The molecule has 26 heavy (non-hydrogen) atoms. The SMILES string of the molecule is CC1N=NSC1C(=O)NNC(=O)C1CCC(NS(=O)(=O)C(C)(C)C)CC1. The number of amides is 2. The molecule has 2 rings (SSSR count). The summed E-state index contributed by atoms with van der Waals surface area (Å²) in [4.78, 5) is 24.2. The van der Waals surface area contributed by atoms with E-state index in [1.807, 2.05) is 0 Å². The molecule has 11 heteroatoms. The number of hydrogen-bond donors (Lipinski definition) is 3. The Morgan fingerprint density at radius 1 is 1.04 bits per heavy atom. The topological polar surface area (TPSA) is 129 Å². The quantitative estimate of drug-likeness (QED) is 0.479. The molecule has 2 amide bonds. The van der Waals surface area contributed by atoms with Gasteiger partial charge in [0.15, 0.2) is 0 Å². The molecule has 0 aromatic heterocycles. The van der Waals surface area contributed by atoms with E-state index in [-0.39, 0.29) is 29.8 Å². The van der Waals surface area contributed by atoms with Crippen LogP contribution in [0.5, 0.6) is 0 Å². The first-order valence-electron chi connectivity index (χ1n) is 8.69. The van der Waals surface area contributed by atoms with E-state index in [0.29, 0.717) is 25.7 Å². The summed E-state index contributed by atoms with van der Waals surface area (Å²) in [7, 11) is -3.40. The summed E-state index contributed by atoms with van der Waals surface area (Å²) in [6.45, 7) is 6.75. The summed E-state index contributed by atoms with van der Waals surface area (Å²) in [5.74, 6) is -0.818. The summed E-state index contributed by atoms with van der Waals surface area (Å²) in [5, 5.41) is 3.44. The Morgan fingerprint density at radius 3 is 2.12 bits per heavy atom. The molecule has 9 nitrogen and oxygen atoms in total. The van der Waals surface area contributed by atoms with Crippen LogP contribution in [0.1, 0.15) is 53.4 Å². The fraction of sp³-hybridized carbons (Fsp3) is 0.867. The lowest BCUT2D eigenvalue weighted by Crippen LogP contribution is -2.50. The second-order valence-corrected chi connectivity index (χ2v) is 11.1. The van der Waals surface area contributed by atoms with Gasteiger partial charge in [0.05, 0.1) is 10.8 Å². The predicted molar refractivity (Wildman–Crippen MR) is 99.5 cm³/mol. The van der Waals surface area contributed by atoms with Crippen LogP contribution in [0.3, 0.4) is 0 Å². The molecular formula is C15H27N5O4S2. The molecule has 1 aliphatic heterocycles. The van der Waals surface area contributed by atoms with Crippen LogP contribution in [0.2, 0.25) is 0 Å². The fourth-order valence-electron chi connectivity index (χ4n) is 2.73. The van der Waals surface area contributed by atoms with Crippen LogP contribution in [0.4, 0.5) is 0 Å². The van der Waals surface area contributed by atoms with Crippen LogP contribution in [0.15, 0.2) is 9.63 Å². The molecule has 2 aliphatic rings. The number of hydrogen-bond acceptors (Lipinski definition) is 7. The van der Waals surface area contributed by atoms with Crippen molar-refractivity contribution in [3.8, 4) is 0 Å². The van der Waals surface area contributed by atoms with E-state index >= 15 is 0 Å². The highest BCUT2D eigenvalue weighted by Crippen LogP contribution is 2.27. The lowest BCUT2D eigenvalue weighted by atomic mass is 9.86. The number of carbonyl (C=O) groups excluding carboxylic acids is 2. The maximum absolute atomic E-state index is 12.2. The van der Waals surface area contributed by atoms with Crippen LogP contribution in [-0.4, -0.2) is 42.3 Å². The second-order valence-electron chi connectivity index (χ2n) is 7.72. The molecule has 0 aromatic rings. The summed E-state index contributed by atoms with van der Waals surface area (Å²) in [5.41, 5.74) is 4.89. The number of nitrogens with one attached hydrogen (secondary N) is 3. The predicted octanol–water partition coefficient (Wildman–Crippen LogP) is 1.28. The molecule has 0 aromatic carbocycles. The van der Waals surface area contributed by atoms with Gasteiger partial charge in [-0.15, -0.1) is 4.52 Å². The van der Waals surface area contributed by atoms with Crippen LogP contribution in [0, 0.1) is 5.92 Å². The molecule has 1 fully saturated rings. The Kier molecular flexibility index (Phi) is 6.67. The van der Waals surface area contributed by atoms with Gasteiger partial charge in [0.2, 0.25) is 15.9 Å². The van der Waals surface area contributed by atoms with Crippen molar-refractivity contribution in [1.82, 2.24) is 15.6 Å². The number of sulfonamides is 1. The monoisotopic (exact) mass is 405 g/mol. The van der Waals surface area contributed by atoms with Gasteiger partial charge in [0.25, 0.3) is 5.91 Å². The van der Waals surface area contributed by atoms with Crippen LogP contribution >= 0.6 is 11.9 Å². The van der Waals surface area contributed by atoms with Crippen molar-refractivity contribution in [2.24, 2.45) is 15.6 Å². The lowest BCUT2D eigenvalue weighted by Gasteiger charge is -2.30. The first kappa shape index (κ1) is 21.1. The average molecular weight is 406 g/mol. The molecule has 0 saturated heterocycles. The molecular weight excluding hydrogens is 378 g/mol. The number of nitrogens with zero attached hydrogens (tertiary/aromatic N) is 2. The molecule has 1 heterocycles. The van der Waals surface area contributed by atoms with E-state index in [4.69, 9.17) is 0 Å². The van der Waals surface area contributed by atoms with Crippen LogP contribution in [0.25, 0.3) is 0 Å². The maximum atomic E-state index is 12.2. The highest BCUT2D eigenvalue weighted by atomic mass is 32.2. The van der Waals surface area contributed by atoms with Gasteiger partial charge in [0, 0.05) is 23.9 Å². The Bertz CT molecular complexity index is 666. The zero-order chi connectivity index (χ0) is 19.5. The van der Waals surface area contributed by atoms with Gasteiger partial charge >= 0.3 is 0 Å². The van der Waals surface area contributed by atoms with E-state index in [9.17, 15) is 18.0 Å². The van der Waals surface area contributed by atoms with Gasteiger partial charge < -0.3 is 0 Å². The van der Waals surface area contributed by atoms with E-state index in [2.05, 4.69) is 25.2 Å². The zero-order valence-corrected chi connectivity index (χ0v) is 17.1. The molecule has 3 N–H and O–H groups in total. The van der Waals surface area contributed by atoms with Gasteiger partial charge in [-0.3, -0.25) is 20.4 Å². The lowest BCUT2D eigenvalue weighted by molar-refractivity contribution is -0.131. The van der Waals surface area contributed by atoms with Crippen molar-refractivity contribution in [3.63, 3.8) is 0 Å². The average Bonchev–Trinajstić information content (AvgIpc) is 2.97. The van der Waals surface area contributed by atoms with Gasteiger partial charge in [-0.25, -0.2) is 13.1 Å². The van der Waals surface area contributed by atoms with Gasteiger partial charge in [-0.2, -0.15) is 5.11 Å². The molecule has 0 bridgehead atoms. The minimum absolute atomic E-state index is 0.156. The van der Waals surface area contributed by atoms with Crippen molar-refractivity contribution in [1.29, 1.82) is 0 Å². The fourth-order valence-corrected chi connectivity index (χ4v) is 4.45. The van der Waals surface area contributed by atoms with Gasteiger partial charge in [-0.1, -0.05) is 0 Å². The molecule has 148 valence electrons.